The van der Waals surface area contributed by atoms with Gasteiger partial charge < -0.3 is 9.88 Å². The average molecular weight is 358 g/mol. The van der Waals surface area contributed by atoms with Crippen molar-refractivity contribution in [3.8, 4) is 6.07 Å². The fourth-order valence-corrected chi connectivity index (χ4v) is 3.05. The molecule has 0 fully saturated rings. The minimum absolute atomic E-state index is 0.136. The van der Waals surface area contributed by atoms with Gasteiger partial charge in [-0.2, -0.15) is 5.26 Å². The van der Waals surface area contributed by atoms with Crippen LogP contribution in [0.25, 0.3) is 23.1 Å². The maximum atomic E-state index is 12.2. The number of rotatable bonds is 6. The van der Waals surface area contributed by atoms with Gasteiger partial charge in [0.2, 0.25) is 0 Å². The summed E-state index contributed by atoms with van der Waals surface area (Å²) in [5.74, 6) is 0.534. The third kappa shape index (κ3) is 4.24. The molecule has 3 rings (SSSR count). The van der Waals surface area contributed by atoms with E-state index in [1.807, 2.05) is 30.4 Å². The second-order valence-corrected chi connectivity index (χ2v) is 6.33. The second-order valence-electron chi connectivity index (χ2n) is 6.33. The number of nitrogens with zero attached hydrogens (tertiary/aromatic N) is 3. The number of nitrogens with one attached hydrogen (secondary N) is 1. The lowest BCUT2D eigenvalue weighted by Crippen LogP contribution is -2.23. The zero-order valence-corrected chi connectivity index (χ0v) is 15.6. The number of fused-ring (bicyclic) bond motifs is 1. The topological polar surface area (TPSA) is 72.8 Å². The standard InChI is InChI=1S/C22H22N4O/c1-3-26(14-6-13-23)18-11-9-17(16(2)15-18)10-12-21-24-20-8-5-4-7-19(20)22(27)25-21/h4-5,7-12,15H,3,6,14H2,1-2H3,(H,24,25,27). The number of hydrogen-bond donors (Lipinski definition) is 1. The lowest BCUT2D eigenvalue weighted by molar-refractivity contribution is 0.826. The maximum absolute atomic E-state index is 12.2. The predicted molar refractivity (Wildman–Crippen MR) is 111 cm³/mol. The van der Waals surface area contributed by atoms with Gasteiger partial charge in [0.05, 0.1) is 23.4 Å². The van der Waals surface area contributed by atoms with Crippen molar-refractivity contribution < 1.29 is 0 Å². The van der Waals surface area contributed by atoms with Crippen molar-refractivity contribution in [1.29, 1.82) is 5.26 Å². The van der Waals surface area contributed by atoms with E-state index >= 15 is 0 Å². The van der Waals surface area contributed by atoms with E-state index in [2.05, 4.69) is 53.0 Å². The molecule has 0 spiro atoms. The molecule has 0 saturated carbocycles. The molecule has 1 heterocycles. The van der Waals surface area contributed by atoms with Gasteiger partial charge in [0.1, 0.15) is 5.82 Å². The maximum Gasteiger partial charge on any atom is 0.259 e. The first kappa shape index (κ1) is 18.4. The lowest BCUT2D eigenvalue weighted by Gasteiger charge is -2.22. The van der Waals surface area contributed by atoms with Crippen molar-refractivity contribution >= 4 is 28.7 Å². The first-order chi connectivity index (χ1) is 13.1. The summed E-state index contributed by atoms with van der Waals surface area (Å²) in [4.78, 5) is 21.6. The van der Waals surface area contributed by atoms with Crippen LogP contribution in [0, 0.1) is 18.3 Å². The molecule has 1 N–H and O–H groups in total. The van der Waals surface area contributed by atoms with Crippen LogP contribution in [0.1, 0.15) is 30.3 Å². The summed E-state index contributed by atoms with van der Waals surface area (Å²) in [6, 6.07) is 15.7. The number of aromatic amines is 1. The Balaban J connectivity index is 1.85. The van der Waals surface area contributed by atoms with Crippen LogP contribution < -0.4 is 10.5 Å². The average Bonchev–Trinajstić information content (AvgIpc) is 2.68. The van der Waals surface area contributed by atoms with E-state index in [1.54, 1.807) is 6.07 Å². The zero-order chi connectivity index (χ0) is 19.2. The molecule has 2 aromatic carbocycles. The molecule has 0 bridgehead atoms. The number of benzene rings is 2. The molecule has 5 nitrogen and oxygen atoms in total. The van der Waals surface area contributed by atoms with E-state index < -0.39 is 0 Å². The Morgan fingerprint density at radius 3 is 2.78 bits per heavy atom. The lowest BCUT2D eigenvalue weighted by atomic mass is 10.1. The Hall–Kier alpha value is -3.39. The fraction of sp³-hybridized carbons (Fsp3) is 0.227. The number of anilines is 1. The Kier molecular flexibility index (Phi) is 5.68. The number of aryl methyl sites for hydroxylation is 1. The Labute approximate surface area is 158 Å². The minimum atomic E-state index is -0.136. The van der Waals surface area contributed by atoms with Crippen LogP contribution >= 0.6 is 0 Å². The number of aromatic nitrogens is 2. The predicted octanol–water partition coefficient (Wildman–Crippen LogP) is 4.14. The smallest absolute Gasteiger partial charge is 0.259 e. The summed E-state index contributed by atoms with van der Waals surface area (Å²) >= 11 is 0. The summed E-state index contributed by atoms with van der Waals surface area (Å²) < 4.78 is 0. The molecule has 0 saturated heterocycles. The number of nitriles is 1. The summed E-state index contributed by atoms with van der Waals surface area (Å²) in [6.07, 6.45) is 4.29. The molecule has 0 amide bonds. The highest BCUT2D eigenvalue weighted by Crippen LogP contribution is 2.21. The molecular weight excluding hydrogens is 336 g/mol. The van der Waals surface area contributed by atoms with E-state index in [-0.39, 0.29) is 5.56 Å². The molecular formula is C22H22N4O. The van der Waals surface area contributed by atoms with E-state index in [9.17, 15) is 4.79 Å². The third-order valence-corrected chi connectivity index (χ3v) is 4.55. The van der Waals surface area contributed by atoms with Gasteiger partial charge in [0, 0.05) is 18.8 Å². The first-order valence-electron chi connectivity index (χ1n) is 9.02. The van der Waals surface area contributed by atoms with Crippen molar-refractivity contribution in [2.75, 3.05) is 18.0 Å². The normalized spacial score (nSPS) is 11.0. The van der Waals surface area contributed by atoms with Crippen molar-refractivity contribution in [3.63, 3.8) is 0 Å². The fourth-order valence-electron chi connectivity index (χ4n) is 3.05. The third-order valence-electron chi connectivity index (χ3n) is 4.55. The monoisotopic (exact) mass is 358 g/mol. The van der Waals surface area contributed by atoms with E-state index in [4.69, 9.17) is 5.26 Å². The molecule has 0 unspecified atom stereocenters. The second kappa shape index (κ2) is 8.33. The Morgan fingerprint density at radius 1 is 1.22 bits per heavy atom. The van der Waals surface area contributed by atoms with Gasteiger partial charge >= 0.3 is 0 Å². The van der Waals surface area contributed by atoms with Gasteiger partial charge in [-0.05, 0) is 55.3 Å². The first-order valence-corrected chi connectivity index (χ1v) is 9.02. The van der Waals surface area contributed by atoms with Crippen molar-refractivity contribution in [2.24, 2.45) is 0 Å². The minimum Gasteiger partial charge on any atom is -0.371 e. The SMILES string of the molecule is CCN(CCC#N)c1ccc(C=Cc2nc3ccccc3c(=O)[nH]2)c(C)c1. The Bertz CT molecular complexity index is 1080. The molecule has 0 aliphatic heterocycles. The molecule has 0 aliphatic rings. The molecule has 27 heavy (non-hydrogen) atoms. The number of hydrogen-bond acceptors (Lipinski definition) is 4. The van der Waals surface area contributed by atoms with Crippen molar-refractivity contribution in [2.45, 2.75) is 20.3 Å². The van der Waals surface area contributed by atoms with Gasteiger partial charge in [0.25, 0.3) is 5.56 Å². The number of H-pyrrole nitrogens is 1. The molecule has 0 radical (unpaired) electrons. The van der Waals surface area contributed by atoms with Crippen molar-refractivity contribution in [3.05, 3.63) is 69.8 Å². The summed E-state index contributed by atoms with van der Waals surface area (Å²) in [5.41, 5.74) is 3.85. The zero-order valence-electron chi connectivity index (χ0n) is 15.6. The van der Waals surface area contributed by atoms with Crippen molar-refractivity contribution in [1.82, 2.24) is 9.97 Å². The largest absolute Gasteiger partial charge is 0.371 e. The molecule has 5 heteroatoms. The van der Waals surface area contributed by atoms with Crippen LogP contribution in [0.5, 0.6) is 0 Å². The van der Waals surface area contributed by atoms with E-state index in [1.165, 1.54) is 0 Å². The van der Waals surface area contributed by atoms with Crippen LogP contribution in [0.15, 0.2) is 47.3 Å². The van der Waals surface area contributed by atoms with Gasteiger partial charge in [-0.25, -0.2) is 4.98 Å². The highest BCUT2D eigenvalue weighted by atomic mass is 16.1. The molecule has 136 valence electrons. The van der Waals surface area contributed by atoms with Gasteiger partial charge in [-0.15, -0.1) is 0 Å². The van der Waals surface area contributed by atoms with E-state index in [0.29, 0.717) is 23.1 Å². The molecule has 1 aromatic heterocycles. The van der Waals surface area contributed by atoms with Crippen LogP contribution in [0.3, 0.4) is 0 Å². The van der Waals surface area contributed by atoms with Crippen LogP contribution in [-0.4, -0.2) is 23.1 Å². The van der Waals surface area contributed by atoms with Gasteiger partial charge in [-0.3, -0.25) is 4.79 Å². The highest BCUT2D eigenvalue weighted by Gasteiger charge is 2.06. The highest BCUT2D eigenvalue weighted by molar-refractivity contribution is 5.79. The van der Waals surface area contributed by atoms with Crippen LogP contribution in [-0.2, 0) is 0 Å². The summed E-state index contributed by atoms with van der Waals surface area (Å²) in [7, 11) is 0. The van der Waals surface area contributed by atoms with Gasteiger partial charge in [0.15, 0.2) is 0 Å². The van der Waals surface area contributed by atoms with E-state index in [0.717, 1.165) is 29.9 Å². The Morgan fingerprint density at radius 2 is 2.04 bits per heavy atom. The number of para-hydroxylation sites is 1. The summed E-state index contributed by atoms with van der Waals surface area (Å²) in [5, 5.41) is 9.39. The van der Waals surface area contributed by atoms with Crippen LogP contribution in [0.2, 0.25) is 0 Å². The molecule has 0 aliphatic carbocycles. The quantitative estimate of drug-likeness (QED) is 0.719. The van der Waals surface area contributed by atoms with Crippen LogP contribution in [0.4, 0.5) is 5.69 Å². The molecule has 0 atom stereocenters. The summed E-state index contributed by atoms with van der Waals surface area (Å²) in [6.45, 7) is 5.72. The molecule has 3 aromatic rings. The van der Waals surface area contributed by atoms with Gasteiger partial charge in [-0.1, -0.05) is 24.3 Å².